The van der Waals surface area contributed by atoms with Crippen molar-refractivity contribution in [3.8, 4) is 0 Å². The Labute approximate surface area is 125 Å². The zero-order valence-electron chi connectivity index (χ0n) is 14.2. The molecule has 20 heavy (non-hydrogen) atoms. The van der Waals surface area contributed by atoms with Crippen molar-refractivity contribution in [2.45, 2.75) is 79.6 Å². The molecule has 0 radical (unpaired) electrons. The van der Waals surface area contributed by atoms with Gasteiger partial charge in [0.1, 0.15) is 0 Å². The lowest BCUT2D eigenvalue weighted by Gasteiger charge is -2.54. The molecule has 1 unspecified atom stereocenters. The third kappa shape index (κ3) is 2.02. The molecule has 0 bridgehead atoms. The molecule has 3 atom stereocenters. The smallest absolute Gasteiger partial charge is 0.00800 e. The highest BCUT2D eigenvalue weighted by Gasteiger charge is 2.52. The molecule has 0 heterocycles. The highest BCUT2D eigenvalue weighted by Crippen LogP contribution is 2.63. The summed E-state index contributed by atoms with van der Waals surface area (Å²) in [5, 5.41) is 0. The van der Waals surface area contributed by atoms with Crippen molar-refractivity contribution in [3.05, 3.63) is 22.8 Å². The van der Waals surface area contributed by atoms with Crippen molar-refractivity contribution in [2.24, 2.45) is 22.7 Å². The Balaban J connectivity index is 1.92. The van der Waals surface area contributed by atoms with Crippen LogP contribution < -0.4 is 0 Å². The summed E-state index contributed by atoms with van der Waals surface area (Å²) in [5.74, 6) is 1.75. The van der Waals surface area contributed by atoms with E-state index in [1.54, 1.807) is 5.57 Å². The van der Waals surface area contributed by atoms with Crippen LogP contribution in [0.15, 0.2) is 22.8 Å². The summed E-state index contributed by atoms with van der Waals surface area (Å²) >= 11 is 0. The lowest BCUT2D eigenvalue weighted by atomic mass is 9.50. The van der Waals surface area contributed by atoms with Gasteiger partial charge >= 0.3 is 0 Å². The Kier molecular flexibility index (Phi) is 3.42. The third-order valence-corrected chi connectivity index (χ3v) is 7.12. The molecule has 3 rings (SSSR count). The molecule has 112 valence electrons. The molecule has 0 nitrogen and oxygen atoms in total. The Morgan fingerprint density at radius 3 is 2.60 bits per heavy atom. The van der Waals surface area contributed by atoms with Crippen LogP contribution in [-0.2, 0) is 0 Å². The molecule has 0 spiro atoms. The minimum Gasteiger partial charge on any atom is -0.0884 e. The first-order chi connectivity index (χ1) is 9.38. The van der Waals surface area contributed by atoms with Crippen LogP contribution in [-0.4, -0.2) is 0 Å². The van der Waals surface area contributed by atoms with Crippen molar-refractivity contribution in [1.29, 1.82) is 0 Å². The Bertz CT molecular complexity index is 462. The van der Waals surface area contributed by atoms with Crippen molar-refractivity contribution in [2.75, 3.05) is 0 Å². The lowest BCUT2D eigenvalue weighted by molar-refractivity contribution is 0.0119. The molecule has 0 aromatic rings. The van der Waals surface area contributed by atoms with E-state index in [2.05, 4.69) is 40.7 Å². The van der Waals surface area contributed by atoms with E-state index in [1.807, 2.05) is 11.1 Å². The predicted octanol–water partition coefficient (Wildman–Crippen LogP) is 6.29. The van der Waals surface area contributed by atoms with E-state index in [4.69, 9.17) is 0 Å². The van der Waals surface area contributed by atoms with Crippen molar-refractivity contribution in [3.63, 3.8) is 0 Å². The molecule has 1 fully saturated rings. The second-order valence-corrected chi connectivity index (χ2v) is 8.57. The van der Waals surface area contributed by atoms with Gasteiger partial charge in [0.05, 0.1) is 0 Å². The van der Waals surface area contributed by atoms with Crippen LogP contribution in [0, 0.1) is 22.7 Å². The van der Waals surface area contributed by atoms with E-state index in [0.717, 1.165) is 11.8 Å². The average molecular weight is 272 g/mol. The first-order valence-electron chi connectivity index (χ1n) is 8.72. The van der Waals surface area contributed by atoms with Gasteiger partial charge in [-0.2, -0.15) is 0 Å². The molecule has 0 N–H and O–H groups in total. The lowest BCUT2D eigenvalue weighted by Crippen LogP contribution is -2.45. The highest BCUT2D eigenvalue weighted by molar-refractivity contribution is 5.35. The van der Waals surface area contributed by atoms with E-state index in [9.17, 15) is 0 Å². The fourth-order valence-electron chi connectivity index (χ4n) is 5.84. The van der Waals surface area contributed by atoms with Crippen LogP contribution in [0.1, 0.15) is 79.6 Å². The molecule has 3 aliphatic rings. The zero-order valence-corrected chi connectivity index (χ0v) is 14.2. The molecule has 0 saturated heterocycles. The summed E-state index contributed by atoms with van der Waals surface area (Å²) in [6, 6.07) is 0. The minimum absolute atomic E-state index is 0.526. The molecule has 0 amide bonds. The number of hydrogen-bond acceptors (Lipinski definition) is 0. The molecule has 0 aromatic heterocycles. The summed E-state index contributed by atoms with van der Waals surface area (Å²) in [6.45, 7) is 12.2. The largest absolute Gasteiger partial charge is 0.0884 e. The van der Waals surface area contributed by atoms with Gasteiger partial charge in [-0.05, 0) is 75.0 Å². The highest BCUT2D eigenvalue weighted by atomic mass is 14.6. The van der Waals surface area contributed by atoms with Gasteiger partial charge in [-0.25, -0.2) is 0 Å². The number of rotatable bonds is 1. The number of allylic oxidation sites excluding steroid dienone is 4. The van der Waals surface area contributed by atoms with Gasteiger partial charge in [-0.15, -0.1) is 0 Å². The monoisotopic (exact) mass is 272 g/mol. The maximum Gasteiger partial charge on any atom is -0.00800 e. The van der Waals surface area contributed by atoms with E-state index in [-0.39, 0.29) is 0 Å². The standard InChI is InChI=1S/C20H32/c1-6-14(2)16-12-15-8-9-18-19(3,4)10-7-11-20(18,5)17(15)13-16/h6,16,18H,7-13H2,1-5H3/b14-6+/t16?,18-,20+/m0/s1. The van der Waals surface area contributed by atoms with Gasteiger partial charge < -0.3 is 0 Å². The van der Waals surface area contributed by atoms with Crippen LogP contribution in [0.2, 0.25) is 0 Å². The second-order valence-electron chi connectivity index (χ2n) is 8.57. The van der Waals surface area contributed by atoms with Gasteiger partial charge in [0.15, 0.2) is 0 Å². The summed E-state index contributed by atoms with van der Waals surface area (Å²) < 4.78 is 0. The molecule has 0 heteroatoms. The molecular formula is C20H32. The van der Waals surface area contributed by atoms with E-state index < -0.39 is 0 Å². The molecular weight excluding hydrogens is 240 g/mol. The van der Waals surface area contributed by atoms with Crippen molar-refractivity contribution >= 4 is 0 Å². The SMILES string of the molecule is C/C=C(\C)C1CC2=C(C1)[C@@]1(C)CCCC(C)(C)[C@@H]1CC2. The van der Waals surface area contributed by atoms with Crippen molar-refractivity contribution in [1.82, 2.24) is 0 Å². The van der Waals surface area contributed by atoms with Gasteiger partial charge in [-0.3, -0.25) is 0 Å². The fraction of sp³-hybridized carbons (Fsp3) is 0.800. The van der Waals surface area contributed by atoms with Gasteiger partial charge in [0, 0.05) is 0 Å². The summed E-state index contributed by atoms with van der Waals surface area (Å²) in [5.41, 5.74) is 6.45. The maximum atomic E-state index is 2.61. The summed E-state index contributed by atoms with van der Waals surface area (Å²) in [6.07, 6.45) is 12.2. The van der Waals surface area contributed by atoms with Gasteiger partial charge in [0.25, 0.3) is 0 Å². The summed E-state index contributed by atoms with van der Waals surface area (Å²) in [4.78, 5) is 0. The second kappa shape index (κ2) is 4.75. The third-order valence-electron chi connectivity index (χ3n) is 7.12. The fourth-order valence-corrected chi connectivity index (χ4v) is 5.84. The van der Waals surface area contributed by atoms with E-state index in [0.29, 0.717) is 10.8 Å². The first kappa shape index (κ1) is 14.4. The molecule has 0 aromatic carbocycles. The van der Waals surface area contributed by atoms with Crippen LogP contribution in [0.5, 0.6) is 0 Å². The normalized spacial score (nSPS) is 40.5. The number of hydrogen-bond donors (Lipinski definition) is 0. The number of fused-ring (bicyclic) bond motifs is 2. The van der Waals surface area contributed by atoms with Gasteiger partial charge in [0.2, 0.25) is 0 Å². The topological polar surface area (TPSA) is 0 Å². The van der Waals surface area contributed by atoms with Crippen LogP contribution in [0.4, 0.5) is 0 Å². The van der Waals surface area contributed by atoms with Crippen LogP contribution in [0.3, 0.4) is 0 Å². The Morgan fingerprint density at radius 1 is 1.15 bits per heavy atom. The average Bonchev–Trinajstić information content (AvgIpc) is 2.82. The summed E-state index contributed by atoms with van der Waals surface area (Å²) in [7, 11) is 0. The van der Waals surface area contributed by atoms with Crippen molar-refractivity contribution < 1.29 is 0 Å². The molecule has 1 saturated carbocycles. The first-order valence-corrected chi connectivity index (χ1v) is 8.72. The Hall–Kier alpha value is -0.520. The quantitative estimate of drug-likeness (QED) is 0.492. The minimum atomic E-state index is 0.526. The predicted molar refractivity (Wildman–Crippen MR) is 87.6 cm³/mol. The molecule has 0 aliphatic heterocycles. The molecule has 3 aliphatic carbocycles. The Morgan fingerprint density at radius 2 is 1.90 bits per heavy atom. The zero-order chi connectivity index (χ0) is 14.5. The van der Waals surface area contributed by atoms with Crippen LogP contribution >= 0.6 is 0 Å². The van der Waals surface area contributed by atoms with E-state index >= 15 is 0 Å². The maximum absolute atomic E-state index is 2.61. The van der Waals surface area contributed by atoms with Crippen LogP contribution in [0.25, 0.3) is 0 Å². The van der Waals surface area contributed by atoms with Gasteiger partial charge in [-0.1, -0.05) is 50.0 Å². The van der Waals surface area contributed by atoms with E-state index in [1.165, 1.54) is 44.9 Å².